The van der Waals surface area contributed by atoms with Gasteiger partial charge in [0.05, 0.1) is 18.0 Å². The summed E-state index contributed by atoms with van der Waals surface area (Å²) in [4.78, 5) is 2.10. The fourth-order valence-corrected chi connectivity index (χ4v) is 1.91. The second-order valence-electron chi connectivity index (χ2n) is 4.64. The highest BCUT2D eigenvalue weighted by molar-refractivity contribution is 6.31. The van der Waals surface area contributed by atoms with Crippen LogP contribution in [0.25, 0.3) is 0 Å². The number of nitrogens with two attached hydrogens (primary N) is 1. The Bertz CT molecular complexity index is 380. The van der Waals surface area contributed by atoms with Crippen LogP contribution < -0.4 is 10.6 Å². The van der Waals surface area contributed by atoms with Crippen LogP contribution in [0.3, 0.4) is 0 Å². The van der Waals surface area contributed by atoms with Gasteiger partial charge in [-0.2, -0.15) is 0 Å². The average molecular weight is 255 g/mol. The Kier molecular flexibility index (Phi) is 4.13. The summed E-state index contributed by atoms with van der Waals surface area (Å²) in [6, 6.07) is 5.58. The SMILES string of the molecule is CN(CCOCC1CC1)c1ccc(Cl)cc1N. The quantitative estimate of drug-likeness (QED) is 0.627. The molecule has 4 heteroatoms. The van der Waals surface area contributed by atoms with Gasteiger partial charge in [-0.1, -0.05) is 11.6 Å². The van der Waals surface area contributed by atoms with Crippen LogP contribution >= 0.6 is 11.6 Å². The normalized spacial score (nSPS) is 14.9. The molecule has 1 saturated carbocycles. The summed E-state index contributed by atoms with van der Waals surface area (Å²) in [6.07, 6.45) is 2.67. The Hall–Kier alpha value is -0.930. The topological polar surface area (TPSA) is 38.5 Å². The van der Waals surface area contributed by atoms with Crippen molar-refractivity contribution in [2.45, 2.75) is 12.8 Å². The molecule has 17 heavy (non-hydrogen) atoms. The Morgan fingerprint density at radius 3 is 2.88 bits per heavy atom. The van der Waals surface area contributed by atoms with Crippen LogP contribution in [-0.4, -0.2) is 26.8 Å². The lowest BCUT2D eigenvalue weighted by atomic mass is 10.2. The molecule has 0 saturated heterocycles. The summed E-state index contributed by atoms with van der Waals surface area (Å²) >= 11 is 5.87. The number of benzene rings is 1. The monoisotopic (exact) mass is 254 g/mol. The predicted molar refractivity (Wildman–Crippen MR) is 72.7 cm³/mol. The van der Waals surface area contributed by atoms with Gasteiger partial charge >= 0.3 is 0 Å². The van der Waals surface area contributed by atoms with E-state index in [-0.39, 0.29) is 0 Å². The summed E-state index contributed by atoms with van der Waals surface area (Å²) < 4.78 is 5.60. The van der Waals surface area contributed by atoms with Crippen LogP contribution in [0.4, 0.5) is 11.4 Å². The molecule has 2 rings (SSSR count). The second-order valence-corrected chi connectivity index (χ2v) is 5.08. The third-order valence-electron chi connectivity index (χ3n) is 3.02. The van der Waals surface area contributed by atoms with Crippen LogP contribution in [0, 0.1) is 5.92 Å². The van der Waals surface area contributed by atoms with Crippen LogP contribution in [0.15, 0.2) is 18.2 Å². The summed E-state index contributed by atoms with van der Waals surface area (Å²) in [6.45, 7) is 2.50. The van der Waals surface area contributed by atoms with Crippen LogP contribution in [0.2, 0.25) is 5.02 Å². The zero-order chi connectivity index (χ0) is 12.3. The van der Waals surface area contributed by atoms with E-state index < -0.39 is 0 Å². The van der Waals surface area contributed by atoms with Crippen LogP contribution in [0.1, 0.15) is 12.8 Å². The number of nitrogens with zero attached hydrogens (tertiary/aromatic N) is 1. The molecular formula is C13H19ClN2O. The maximum atomic E-state index is 5.92. The molecule has 2 N–H and O–H groups in total. The number of rotatable bonds is 6. The molecule has 1 aromatic carbocycles. The van der Waals surface area contributed by atoms with Gasteiger partial charge in [-0.3, -0.25) is 0 Å². The fourth-order valence-electron chi connectivity index (χ4n) is 1.73. The zero-order valence-corrected chi connectivity index (χ0v) is 10.9. The van der Waals surface area contributed by atoms with E-state index in [1.807, 2.05) is 19.2 Å². The van der Waals surface area contributed by atoms with Crippen molar-refractivity contribution in [1.29, 1.82) is 0 Å². The van der Waals surface area contributed by atoms with E-state index in [1.165, 1.54) is 12.8 Å². The summed E-state index contributed by atoms with van der Waals surface area (Å²) in [5.74, 6) is 0.820. The van der Waals surface area contributed by atoms with Crippen LogP contribution in [0.5, 0.6) is 0 Å². The standard InChI is InChI=1S/C13H19ClN2O/c1-16(6-7-17-9-10-2-3-10)13-5-4-11(14)8-12(13)15/h4-5,8,10H,2-3,6-7,9,15H2,1H3. The molecule has 1 aromatic rings. The summed E-state index contributed by atoms with van der Waals surface area (Å²) in [5, 5.41) is 0.671. The van der Waals surface area contributed by atoms with Gasteiger partial charge < -0.3 is 15.4 Å². The Balaban J connectivity index is 1.78. The first kappa shape index (κ1) is 12.5. The van der Waals surface area contributed by atoms with Crippen LogP contribution in [-0.2, 0) is 4.74 Å². The van der Waals surface area contributed by atoms with E-state index >= 15 is 0 Å². The van der Waals surface area contributed by atoms with Crippen molar-refractivity contribution in [3.63, 3.8) is 0 Å². The molecule has 0 aliphatic heterocycles. The van der Waals surface area contributed by atoms with Gasteiger partial charge in [0.25, 0.3) is 0 Å². The first-order valence-corrected chi connectivity index (χ1v) is 6.38. The fraction of sp³-hybridized carbons (Fsp3) is 0.538. The molecule has 1 fully saturated rings. The van der Waals surface area contributed by atoms with Crippen molar-refractivity contribution in [2.75, 3.05) is 37.4 Å². The first-order valence-electron chi connectivity index (χ1n) is 6.00. The van der Waals surface area contributed by atoms with Gasteiger partial charge in [0, 0.05) is 25.2 Å². The highest BCUT2D eigenvalue weighted by Crippen LogP contribution is 2.29. The van der Waals surface area contributed by atoms with Crippen molar-refractivity contribution in [3.05, 3.63) is 23.2 Å². The molecule has 3 nitrogen and oxygen atoms in total. The lowest BCUT2D eigenvalue weighted by Crippen LogP contribution is -2.23. The molecular weight excluding hydrogens is 236 g/mol. The molecule has 1 aliphatic carbocycles. The molecule has 0 aromatic heterocycles. The van der Waals surface area contributed by atoms with E-state index in [0.29, 0.717) is 10.7 Å². The number of ether oxygens (including phenoxy) is 1. The third-order valence-corrected chi connectivity index (χ3v) is 3.26. The number of anilines is 2. The molecule has 0 spiro atoms. The van der Waals surface area contributed by atoms with Crippen molar-refractivity contribution in [3.8, 4) is 0 Å². The number of hydrogen-bond acceptors (Lipinski definition) is 3. The van der Waals surface area contributed by atoms with Crippen molar-refractivity contribution >= 4 is 23.0 Å². The maximum absolute atomic E-state index is 5.92. The summed E-state index contributed by atoms with van der Waals surface area (Å²) in [7, 11) is 2.01. The minimum Gasteiger partial charge on any atom is -0.397 e. The number of halogens is 1. The van der Waals surface area contributed by atoms with Gasteiger partial charge in [-0.05, 0) is 37.0 Å². The predicted octanol–water partition coefficient (Wildman–Crippen LogP) is 2.79. The smallest absolute Gasteiger partial charge is 0.0641 e. The Labute approximate surface area is 107 Å². The van der Waals surface area contributed by atoms with Gasteiger partial charge in [-0.15, -0.1) is 0 Å². The summed E-state index contributed by atoms with van der Waals surface area (Å²) in [5.41, 5.74) is 7.63. The van der Waals surface area contributed by atoms with E-state index in [2.05, 4.69) is 4.90 Å². The Morgan fingerprint density at radius 1 is 1.47 bits per heavy atom. The highest BCUT2D eigenvalue weighted by atomic mass is 35.5. The maximum Gasteiger partial charge on any atom is 0.0641 e. The molecule has 94 valence electrons. The molecule has 1 aliphatic rings. The number of nitrogen functional groups attached to an aromatic ring is 1. The average Bonchev–Trinajstić information content (AvgIpc) is 3.08. The molecule has 0 atom stereocenters. The molecule has 0 heterocycles. The number of hydrogen-bond donors (Lipinski definition) is 1. The Morgan fingerprint density at radius 2 is 2.24 bits per heavy atom. The minimum atomic E-state index is 0.671. The van der Waals surface area contributed by atoms with E-state index in [9.17, 15) is 0 Å². The molecule has 0 bridgehead atoms. The van der Waals surface area contributed by atoms with Crippen molar-refractivity contribution in [1.82, 2.24) is 0 Å². The van der Waals surface area contributed by atoms with E-state index in [4.69, 9.17) is 22.1 Å². The highest BCUT2D eigenvalue weighted by Gasteiger charge is 2.21. The van der Waals surface area contributed by atoms with Gasteiger partial charge in [0.15, 0.2) is 0 Å². The third kappa shape index (κ3) is 3.79. The zero-order valence-electron chi connectivity index (χ0n) is 10.2. The number of likely N-dealkylation sites (N-methyl/N-ethyl adjacent to an activating group) is 1. The lowest BCUT2D eigenvalue weighted by molar-refractivity contribution is 0.131. The molecule has 0 radical (unpaired) electrons. The largest absolute Gasteiger partial charge is 0.397 e. The van der Waals surface area contributed by atoms with E-state index in [1.54, 1.807) is 6.07 Å². The van der Waals surface area contributed by atoms with Gasteiger partial charge in [0.1, 0.15) is 0 Å². The van der Waals surface area contributed by atoms with Crippen molar-refractivity contribution < 1.29 is 4.74 Å². The minimum absolute atomic E-state index is 0.671. The van der Waals surface area contributed by atoms with Gasteiger partial charge in [-0.25, -0.2) is 0 Å². The van der Waals surface area contributed by atoms with E-state index in [0.717, 1.165) is 31.4 Å². The first-order chi connectivity index (χ1) is 8.16. The lowest BCUT2D eigenvalue weighted by Gasteiger charge is -2.21. The molecule has 0 amide bonds. The van der Waals surface area contributed by atoms with Crippen molar-refractivity contribution in [2.24, 2.45) is 5.92 Å². The molecule has 0 unspecified atom stereocenters. The van der Waals surface area contributed by atoms with Gasteiger partial charge in [0.2, 0.25) is 0 Å². The second kappa shape index (κ2) is 5.61.